The molecule has 0 aliphatic carbocycles. The third kappa shape index (κ3) is 7.72. The molecule has 0 aromatic carbocycles. The zero-order chi connectivity index (χ0) is 23.2. The van der Waals surface area contributed by atoms with Crippen molar-refractivity contribution in [2.45, 2.75) is 34.1 Å². The summed E-state index contributed by atoms with van der Waals surface area (Å²) >= 11 is 0. The normalized spacial score (nSPS) is 18.7. The Bertz CT molecular complexity index is 949. The van der Waals surface area contributed by atoms with Gasteiger partial charge in [-0.1, -0.05) is 50.8 Å². The van der Waals surface area contributed by atoms with E-state index < -0.39 is 0 Å². The first-order chi connectivity index (χ1) is 14.9. The summed E-state index contributed by atoms with van der Waals surface area (Å²) in [6.45, 7) is 11.4. The second-order valence-electron chi connectivity index (χ2n) is 6.67. The van der Waals surface area contributed by atoms with Crippen LogP contribution in [-0.4, -0.2) is 18.7 Å². The maximum Gasteiger partial charge on any atom is 0.250 e. The summed E-state index contributed by atoms with van der Waals surface area (Å²) in [7, 11) is 1.59. The molecule has 0 spiro atoms. The average molecular weight is 422 g/mol. The van der Waals surface area contributed by atoms with Crippen LogP contribution in [0.4, 0.5) is 4.39 Å². The fourth-order valence-electron chi connectivity index (χ4n) is 2.78. The third-order valence-corrected chi connectivity index (χ3v) is 4.59. The second-order valence-corrected chi connectivity index (χ2v) is 6.67. The molecule has 2 N–H and O–H groups in total. The van der Waals surface area contributed by atoms with Crippen molar-refractivity contribution in [2.75, 3.05) is 7.05 Å². The smallest absolute Gasteiger partial charge is 0.250 e. The topological polar surface area (TPSA) is 53.5 Å². The molecule has 1 aliphatic rings. The highest BCUT2D eigenvalue weighted by atomic mass is 19.1. The van der Waals surface area contributed by atoms with Gasteiger partial charge >= 0.3 is 0 Å². The minimum atomic E-state index is -0.253. The number of amides is 1. The number of hydrogen-bond donors (Lipinski definition) is 2. The van der Waals surface area contributed by atoms with Gasteiger partial charge in [-0.25, -0.2) is 9.38 Å². The number of halogens is 1. The fraction of sp³-hybridized carbons (Fsp3) is 0.269. The molecule has 164 valence electrons. The number of carbonyl (C=O) groups is 1. The van der Waals surface area contributed by atoms with Gasteiger partial charge in [-0.15, -0.1) is 5.73 Å². The van der Waals surface area contributed by atoms with Gasteiger partial charge < -0.3 is 10.6 Å². The van der Waals surface area contributed by atoms with E-state index in [-0.39, 0.29) is 11.8 Å². The van der Waals surface area contributed by atoms with E-state index in [2.05, 4.69) is 27.9 Å². The van der Waals surface area contributed by atoms with Crippen LogP contribution >= 0.6 is 0 Å². The Balaban J connectivity index is 3.12. The summed E-state index contributed by atoms with van der Waals surface area (Å²) in [6.07, 6.45) is 17.9. The lowest BCUT2D eigenvalue weighted by Crippen LogP contribution is -2.18. The number of nitrogens with zero attached hydrogens (tertiary/aromatic N) is 1. The van der Waals surface area contributed by atoms with Crippen molar-refractivity contribution >= 4 is 11.6 Å². The number of carbonyl (C=O) groups excluding carboxylic acids is 1. The van der Waals surface area contributed by atoms with Crippen LogP contribution in [0, 0.1) is 5.92 Å². The first kappa shape index (κ1) is 25.6. The minimum Gasteiger partial charge on any atom is -0.360 e. The molecule has 1 heterocycles. The lowest BCUT2D eigenvalue weighted by atomic mass is 10.0. The number of nitrogens with one attached hydrogen (secondary N) is 2. The Labute approximate surface area is 185 Å². The van der Waals surface area contributed by atoms with E-state index in [0.29, 0.717) is 23.3 Å². The molecule has 1 unspecified atom stereocenters. The highest BCUT2D eigenvalue weighted by Crippen LogP contribution is 2.21. The molecule has 0 aromatic heterocycles. The predicted octanol–water partition coefficient (Wildman–Crippen LogP) is 5.75. The van der Waals surface area contributed by atoms with E-state index in [1.54, 1.807) is 38.4 Å². The average Bonchev–Trinajstić information content (AvgIpc) is 3.24. The van der Waals surface area contributed by atoms with Gasteiger partial charge in [0.2, 0.25) is 0 Å². The van der Waals surface area contributed by atoms with Gasteiger partial charge in [-0.05, 0) is 44.1 Å². The molecule has 31 heavy (non-hydrogen) atoms. The summed E-state index contributed by atoms with van der Waals surface area (Å²) in [5.74, 6) is -0.419. The van der Waals surface area contributed by atoms with Crippen LogP contribution in [0.3, 0.4) is 0 Å². The zero-order valence-electron chi connectivity index (χ0n) is 19.0. The Hall–Kier alpha value is -3.43. The summed E-state index contributed by atoms with van der Waals surface area (Å²) in [5.41, 5.74) is 6.95. The molecule has 0 saturated heterocycles. The highest BCUT2D eigenvalue weighted by molar-refractivity contribution is 6.10. The minimum absolute atomic E-state index is 0.167. The van der Waals surface area contributed by atoms with Crippen molar-refractivity contribution < 1.29 is 9.18 Å². The Morgan fingerprint density at radius 1 is 1.32 bits per heavy atom. The maximum absolute atomic E-state index is 13.6. The molecule has 0 saturated carbocycles. The first-order valence-corrected chi connectivity index (χ1v) is 10.3. The van der Waals surface area contributed by atoms with Gasteiger partial charge in [0.1, 0.15) is 6.33 Å². The number of likely N-dealkylation sites (N-methyl/N-ethyl adjacent to an activating group) is 1. The van der Waals surface area contributed by atoms with E-state index in [0.717, 1.165) is 23.3 Å². The predicted molar refractivity (Wildman–Crippen MR) is 129 cm³/mol. The molecule has 1 atom stereocenters. The second kappa shape index (κ2) is 13.7. The van der Waals surface area contributed by atoms with Crippen LogP contribution in [0.25, 0.3) is 0 Å². The summed E-state index contributed by atoms with van der Waals surface area (Å²) in [4.78, 5) is 16.3. The molecular formula is C26H32FN3O. The van der Waals surface area contributed by atoms with Crippen molar-refractivity contribution in [2.24, 2.45) is 10.9 Å². The Kier molecular flexibility index (Phi) is 11.3. The van der Waals surface area contributed by atoms with Crippen molar-refractivity contribution in [3.63, 3.8) is 0 Å². The third-order valence-electron chi connectivity index (χ3n) is 4.59. The van der Waals surface area contributed by atoms with Crippen LogP contribution < -0.4 is 10.6 Å². The molecular weight excluding hydrogens is 389 g/mol. The van der Waals surface area contributed by atoms with Gasteiger partial charge in [-0.3, -0.25) is 4.79 Å². The van der Waals surface area contributed by atoms with Crippen molar-refractivity contribution in [3.05, 3.63) is 102 Å². The molecule has 1 amide bonds. The molecule has 0 aromatic rings. The summed E-state index contributed by atoms with van der Waals surface area (Å²) < 4.78 is 13.6. The Morgan fingerprint density at radius 2 is 2.06 bits per heavy atom. The summed E-state index contributed by atoms with van der Waals surface area (Å²) in [5, 5.41) is 5.68. The number of aliphatic imine (C=N–C) groups is 1. The van der Waals surface area contributed by atoms with Crippen LogP contribution in [0.2, 0.25) is 0 Å². The van der Waals surface area contributed by atoms with E-state index >= 15 is 0 Å². The molecule has 5 heteroatoms. The number of hydrogen-bond acceptors (Lipinski definition) is 3. The quantitative estimate of drug-likeness (QED) is 0.283. The molecule has 0 fully saturated rings. The van der Waals surface area contributed by atoms with E-state index in [9.17, 15) is 9.18 Å². The van der Waals surface area contributed by atoms with Crippen molar-refractivity contribution in [1.29, 1.82) is 0 Å². The lowest BCUT2D eigenvalue weighted by molar-refractivity contribution is -0.116. The van der Waals surface area contributed by atoms with Crippen molar-refractivity contribution in [1.82, 2.24) is 10.6 Å². The molecule has 4 nitrogen and oxygen atoms in total. The SMILES string of the molecule is C=C=C(/C=C\C(=C/C)C(=O)NC)C(/C=C\C(C)C(=C\F)/N=C1/C=CN/C1=C/C)=C/CC. The van der Waals surface area contributed by atoms with E-state index in [1.165, 1.54) is 0 Å². The van der Waals surface area contributed by atoms with E-state index in [4.69, 9.17) is 0 Å². The molecule has 1 rings (SSSR count). The van der Waals surface area contributed by atoms with Crippen LogP contribution in [0.1, 0.15) is 34.1 Å². The van der Waals surface area contributed by atoms with Gasteiger partial charge in [0, 0.05) is 30.3 Å². The Morgan fingerprint density at radius 3 is 2.61 bits per heavy atom. The molecule has 0 bridgehead atoms. The van der Waals surface area contributed by atoms with Gasteiger partial charge in [0.15, 0.2) is 0 Å². The fourth-order valence-corrected chi connectivity index (χ4v) is 2.78. The molecule has 1 aliphatic heterocycles. The van der Waals surface area contributed by atoms with E-state index in [1.807, 2.05) is 51.2 Å². The monoisotopic (exact) mass is 421 g/mol. The van der Waals surface area contributed by atoms with Gasteiger partial charge in [0.25, 0.3) is 5.91 Å². The number of rotatable bonds is 9. The largest absolute Gasteiger partial charge is 0.360 e. The van der Waals surface area contributed by atoms with Crippen molar-refractivity contribution in [3.8, 4) is 0 Å². The van der Waals surface area contributed by atoms with Crippen LogP contribution in [0.15, 0.2) is 107 Å². The molecule has 0 radical (unpaired) electrons. The zero-order valence-corrected chi connectivity index (χ0v) is 19.0. The maximum atomic E-state index is 13.6. The van der Waals surface area contributed by atoms with Gasteiger partial charge in [-0.2, -0.15) is 0 Å². The number of allylic oxidation sites excluding steroid dienone is 9. The lowest BCUT2D eigenvalue weighted by Gasteiger charge is -2.09. The standard InChI is InChI=1S/C26H32FN3O/c1-7-11-22(20(8-2)14-15-21(9-3)26(31)28-6)13-12-19(5)25(18-27)30-24-16-17-29-23(24)10-4/h9-19,29H,2,7H2,1,3-6H3,(H,28,31)/b13-12-,15-14-,21-9+,22-11+,23-10+,25-18+,30-24-. The highest BCUT2D eigenvalue weighted by Gasteiger charge is 2.12. The van der Waals surface area contributed by atoms with Crippen LogP contribution in [0.5, 0.6) is 0 Å². The summed E-state index contributed by atoms with van der Waals surface area (Å²) in [6, 6.07) is 0. The first-order valence-electron chi connectivity index (χ1n) is 10.3. The van der Waals surface area contributed by atoms with Crippen LogP contribution in [-0.2, 0) is 4.79 Å². The van der Waals surface area contributed by atoms with Gasteiger partial charge in [0.05, 0.1) is 17.1 Å².